The normalized spacial score (nSPS) is 10.3. The number of rotatable bonds is 3. The molecule has 0 radical (unpaired) electrons. The number of hydrogen-bond donors (Lipinski definition) is 1. The molecule has 2 aromatic rings. The highest BCUT2D eigenvalue weighted by molar-refractivity contribution is 9.10. The molecule has 19 heavy (non-hydrogen) atoms. The monoisotopic (exact) mass is 326 g/mol. The SMILES string of the molecule is O=C(NCc1ccc(F)c(F)c1)c1ncccc1Br. The van der Waals surface area contributed by atoms with Gasteiger partial charge in [0.05, 0.1) is 0 Å². The topological polar surface area (TPSA) is 42.0 Å². The molecule has 0 spiro atoms. The van der Waals surface area contributed by atoms with Crippen molar-refractivity contribution in [3.8, 4) is 0 Å². The van der Waals surface area contributed by atoms with Crippen molar-refractivity contribution in [2.24, 2.45) is 0 Å². The quantitative estimate of drug-likeness (QED) is 0.941. The Morgan fingerprint density at radius 2 is 2.05 bits per heavy atom. The zero-order chi connectivity index (χ0) is 13.8. The Hall–Kier alpha value is -1.82. The summed E-state index contributed by atoms with van der Waals surface area (Å²) in [6, 6.07) is 6.86. The second kappa shape index (κ2) is 5.88. The van der Waals surface area contributed by atoms with Crippen LogP contribution in [0.3, 0.4) is 0 Å². The summed E-state index contributed by atoms with van der Waals surface area (Å²) in [5, 5.41) is 2.58. The predicted octanol–water partition coefficient (Wildman–Crippen LogP) is 3.05. The van der Waals surface area contributed by atoms with E-state index < -0.39 is 17.5 Å². The molecule has 1 aromatic carbocycles. The summed E-state index contributed by atoms with van der Waals surface area (Å²) in [5.41, 5.74) is 0.712. The van der Waals surface area contributed by atoms with Gasteiger partial charge in [-0.2, -0.15) is 0 Å². The maximum Gasteiger partial charge on any atom is 0.271 e. The van der Waals surface area contributed by atoms with Gasteiger partial charge in [-0.3, -0.25) is 4.79 Å². The summed E-state index contributed by atoms with van der Waals surface area (Å²) < 4.78 is 26.3. The highest BCUT2D eigenvalue weighted by atomic mass is 79.9. The van der Waals surface area contributed by atoms with Crippen molar-refractivity contribution < 1.29 is 13.6 Å². The fraction of sp³-hybridized carbons (Fsp3) is 0.0769. The first-order chi connectivity index (χ1) is 9.08. The summed E-state index contributed by atoms with van der Waals surface area (Å²) in [7, 11) is 0. The van der Waals surface area contributed by atoms with Gasteiger partial charge in [0.2, 0.25) is 0 Å². The lowest BCUT2D eigenvalue weighted by Gasteiger charge is -2.06. The molecule has 0 atom stereocenters. The number of carbonyl (C=O) groups excluding carboxylic acids is 1. The van der Waals surface area contributed by atoms with E-state index in [1.54, 1.807) is 12.1 Å². The standard InChI is InChI=1S/C13H9BrF2N2O/c14-9-2-1-5-17-12(9)13(19)18-7-8-3-4-10(15)11(16)6-8/h1-6H,7H2,(H,18,19). The number of amides is 1. The zero-order valence-electron chi connectivity index (χ0n) is 9.66. The van der Waals surface area contributed by atoms with Crippen LogP contribution in [0.15, 0.2) is 41.0 Å². The maximum atomic E-state index is 13.0. The molecule has 1 N–H and O–H groups in total. The lowest BCUT2D eigenvalue weighted by molar-refractivity contribution is 0.0945. The van der Waals surface area contributed by atoms with E-state index >= 15 is 0 Å². The maximum absolute atomic E-state index is 13.0. The zero-order valence-corrected chi connectivity index (χ0v) is 11.2. The molecule has 0 fully saturated rings. The summed E-state index contributed by atoms with van der Waals surface area (Å²) >= 11 is 3.21. The van der Waals surface area contributed by atoms with Gasteiger partial charge in [0.15, 0.2) is 11.6 Å². The third-order valence-corrected chi connectivity index (χ3v) is 3.05. The van der Waals surface area contributed by atoms with Crippen molar-refractivity contribution in [3.05, 3.63) is 63.9 Å². The summed E-state index contributed by atoms with van der Waals surface area (Å²) in [6.45, 7) is 0.0963. The largest absolute Gasteiger partial charge is 0.347 e. The van der Waals surface area contributed by atoms with Gasteiger partial charge in [-0.1, -0.05) is 6.07 Å². The van der Waals surface area contributed by atoms with E-state index in [2.05, 4.69) is 26.2 Å². The minimum atomic E-state index is -0.939. The summed E-state index contributed by atoms with van der Waals surface area (Å²) in [4.78, 5) is 15.7. The summed E-state index contributed by atoms with van der Waals surface area (Å²) in [6.07, 6.45) is 1.50. The van der Waals surface area contributed by atoms with Crippen molar-refractivity contribution in [2.45, 2.75) is 6.54 Å². The number of halogens is 3. The smallest absolute Gasteiger partial charge is 0.271 e. The number of benzene rings is 1. The Kier molecular flexibility index (Phi) is 4.21. The average Bonchev–Trinajstić information content (AvgIpc) is 2.40. The van der Waals surface area contributed by atoms with Crippen LogP contribution in [0.5, 0.6) is 0 Å². The molecular weight excluding hydrogens is 318 g/mol. The molecule has 0 aliphatic carbocycles. The molecule has 0 bridgehead atoms. The van der Waals surface area contributed by atoms with Crippen molar-refractivity contribution in [2.75, 3.05) is 0 Å². The number of hydrogen-bond acceptors (Lipinski definition) is 2. The molecule has 0 aliphatic rings. The highest BCUT2D eigenvalue weighted by Gasteiger charge is 2.11. The van der Waals surface area contributed by atoms with Crippen LogP contribution in [-0.4, -0.2) is 10.9 Å². The Morgan fingerprint density at radius 1 is 1.26 bits per heavy atom. The van der Waals surface area contributed by atoms with Gasteiger partial charge < -0.3 is 5.32 Å². The first-order valence-corrected chi connectivity index (χ1v) is 6.20. The third-order valence-electron chi connectivity index (χ3n) is 2.41. The molecule has 1 aromatic heterocycles. The lowest BCUT2D eigenvalue weighted by Crippen LogP contribution is -2.24. The van der Waals surface area contributed by atoms with Crippen molar-refractivity contribution in [1.82, 2.24) is 10.3 Å². The van der Waals surface area contributed by atoms with Gasteiger partial charge >= 0.3 is 0 Å². The van der Waals surface area contributed by atoms with E-state index in [-0.39, 0.29) is 12.2 Å². The molecular formula is C13H9BrF2N2O. The molecule has 0 saturated carbocycles. The van der Waals surface area contributed by atoms with Crippen LogP contribution in [0.25, 0.3) is 0 Å². The van der Waals surface area contributed by atoms with E-state index in [0.29, 0.717) is 10.0 Å². The van der Waals surface area contributed by atoms with Gasteiger partial charge in [-0.25, -0.2) is 13.8 Å². The van der Waals surface area contributed by atoms with Gasteiger partial charge in [0.1, 0.15) is 5.69 Å². The molecule has 3 nitrogen and oxygen atoms in total. The number of aromatic nitrogens is 1. The van der Waals surface area contributed by atoms with Gasteiger partial charge in [-0.05, 0) is 45.8 Å². The Labute approximate surface area is 116 Å². The number of nitrogens with one attached hydrogen (secondary N) is 1. The molecule has 1 amide bonds. The van der Waals surface area contributed by atoms with Crippen molar-refractivity contribution in [3.63, 3.8) is 0 Å². The second-order valence-electron chi connectivity index (χ2n) is 3.76. The summed E-state index contributed by atoms with van der Waals surface area (Å²) in [5.74, 6) is -2.24. The van der Waals surface area contributed by atoms with Crippen LogP contribution in [0.1, 0.15) is 16.1 Å². The minimum absolute atomic E-state index is 0.0963. The van der Waals surface area contributed by atoms with Crippen LogP contribution in [-0.2, 0) is 6.54 Å². The Morgan fingerprint density at radius 3 is 2.74 bits per heavy atom. The predicted molar refractivity (Wildman–Crippen MR) is 69.5 cm³/mol. The minimum Gasteiger partial charge on any atom is -0.347 e. The van der Waals surface area contributed by atoms with E-state index in [1.807, 2.05) is 0 Å². The molecule has 2 rings (SSSR count). The van der Waals surface area contributed by atoms with E-state index in [1.165, 1.54) is 12.3 Å². The Bertz CT molecular complexity index is 619. The van der Waals surface area contributed by atoms with Crippen LogP contribution in [0.2, 0.25) is 0 Å². The van der Waals surface area contributed by atoms with Gasteiger partial charge in [-0.15, -0.1) is 0 Å². The molecule has 0 unspecified atom stereocenters. The molecule has 6 heteroatoms. The average molecular weight is 327 g/mol. The lowest BCUT2D eigenvalue weighted by atomic mass is 10.2. The fourth-order valence-electron chi connectivity index (χ4n) is 1.47. The fourth-order valence-corrected chi connectivity index (χ4v) is 1.90. The van der Waals surface area contributed by atoms with Crippen molar-refractivity contribution >= 4 is 21.8 Å². The van der Waals surface area contributed by atoms with Gasteiger partial charge in [0.25, 0.3) is 5.91 Å². The second-order valence-corrected chi connectivity index (χ2v) is 4.62. The number of nitrogens with zero attached hydrogens (tertiary/aromatic N) is 1. The van der Waals surface area contributed by atoms with Crippen LogP contribution >= 0.6 is 15.9 Å². The van der Waals surface area contributed by atoms with Crippen LogP contribution in [0, 0.1) is 11.6 Å². The van der Waals surface area contributed by atoms with Crippen LogP contribution in [0.4, 0.5) is 8.78 Å². The molecule has 0 aliphatic heterocycles. The van der Waals surface area contributed by atoms with Crippen LogP contribution < -0.4 is 5.32 Å². The number of pyridine rings is 1. The Balaban J connectivity index is 2.04. The molecule has 0 saturated heterocycles. The highest BCUT2D eigenvalue weighted by Crippen LogP contribution is 2.13. The molecule has 98 valence electrons. The first-order valence-electron chi connectivity index (χ1n) is 5.40. The van der Waals surface area contributed by atoms with Gasteiger partial charge in [0, 0.05) is 17.2 Å². The third kappa shape index (κ3) is 3.35. The van der Waals surface area contributed by atoms with Crippen molar-refractivity contribution in [1.29, 1.82) is 0 Å². The van der Waals surface area contributed by atoms with E-state index in [0.717, 1.165) is 12.1 Å². The molecule has 1 heterocycles. The van der Waals surface area contributed by atoms with E-state index in [4.69, 9.17) is 0 Å². The van der Waals surface area contributed by atoms with E-state index in [9.17, 15) is 13.6 Å². The number of carbonyl (C=O) groups is 1. The first kappa shape index (κ1) is 13.6.